The Hall–Kier alpha value is -1.63. The molecule has 1 aliphatic heterocycles. The van der Waals surface area contributed by atoms with Crippen molar-refractivity contribution in [1.82, 2.24) is 20.0 Å². The van der Waals surface area contributed by atoms with Gasteiger partial charge < -0.3 is 20.0 Å². The molecular weight excluding hydrogens is 236 g/mol. The van der Waals surface area contributed by atoms with Crippen molar-refractivity contribution in [3.63, 3.8) is 0 Å². The van der Waals surface area contributed by atoms with Crippen molar-refractivity contribution in [3.8, 4) is 0 Å². The predicted octanol–water partition coefficient (Wildman–Crippen LogP) is -2.04. The van der Waals surface area contributed by atoms with Crippen LogP contribution in [0, 0.1) is 0 Å². The quantitative estimate of drug-likeness (QED) is 0.591. The molecule has 0 spiro atoms. The molecule has 0 atom stereocenters. The number of nitrogens with one attached hydrogen (secondary N) is 1. The highest BCUT2D eigenvalue weighted by Crippen LogP contribution is 1.91. The van der Waals surface area contributed by atoms with E-state index in [2.05, 4.69) is 5.32 Å². The summed E-state index contributed by atoms with van der Waals surface area (Å²) in [6.07, 6.45) is 2.36. The number of hydrogen-bond acceptors (Lipinski definition) is 4. The van der Waals surface area contributed by atoms with Crippen molar-refractivity contribution in [1.29, 1.82) is 0 Å². The Bertz CT molecular complexity index is 253. The largest absolute Gasteiger partial charge is 0.342 e. The molecule has 18 heavy (non-hydrogen) atoms. The zero-order valence-corrected chi connectivity index (χ0v) is 10.5. The van der Waals surface area contributed by atoms with Gasteiger partial charge >= 0.3 is 0 Å². The fourth-order valence-corrected chi connectivity index (χ4v) is 1.74. The average Bonchev–Trinajstić information content (AvgIpc) is 2.40. The maximum absolute atomic E-state index is 10.9. The van der Waals surface area contributed by atoms with Crippen LogP contribution in [0.5, 0.6) is 0 Å². The summed E-state index contributed by atoms with van der Waals surface area (Å²) in [5, 5.41) is 3.17. The molecule has 3 amide bonds. The Balaban J connectivity index is 2.52. The molecule has 0 aromatic rings. The lowest BCUT2D eigenvalue weighted by Crippen LogP contribution is -2.43. The number of carbonyl (C=O) groups excluding carboxylic acids is 3. The molecule has 0 aromatic carbocycles. The van der Waals surface area contributed by atoms with Crippen LogP contribution in [0.1, 0.15) is 0 Å². The lowest BCUT2D eigenvalue weighted by atomic mass is 10.4. The van der Waals surface area contributed by atoms with Crippen molar-refractivity contribution < 1.29 is 14.4 Å². The highest BCUT2D eigenvalue weighted by Gasteiger charge is 2.09. The minimum Gasteiger partial charge on any atom is -0.342 e. The number of hydrogen-bond donors (Lipinski definition) is 1. The first-order valence-electron chi connectivity index (χ1n) is 6.09. The summed E-state index contributed by atoms with van der Waals surface area (Å²) in [4.78, 5) is 37.3. The number of amides is 3. The maximum Gasteiger partial charge on any atom is 0.209 e. The summed E-state index contributed by atoms with van der Waals surface area (Å²) in [6, 6.07) is 0. The molecule has 1 aliphatic rings. The van der Waals surface area contributed by atoms with Crippen molar-refractivity contribution in [2.24, 2.45) is 0 Å². The van der Waals surface area contributed by atoms with Gasteiger partial charge in [-0.25, -0.2) is 0 Å². The summed E-state index contributed by atoms with van der Waals surface area (Å²) in [5.74, 6) is 0. The summed E-state index contributed by atoms with van der Waals surface area (Å²) >= 11 is 0. The molecule has 1 heterocycles. The van der Waals surface area contributed by atoms with Gasteiger partial charge in [-0.05, 0) is 0 Å². The second-order valence-corrected chi connectivity index (χ2v) is 4.17. The van der Waals surface area contributed by atoms with Crippen molar-refractivity contribution in [2.45, 2.75) is 0 Å². The van der Waals surface area contributed by atoms with Crippen LogP contribution in [0.2, 0.25) is 0 Å². The lowest BCUT2D eigenvalue weighted by Gasteiger charge is -2.26. The van der Waals surface area contributed by atoms with Crippen LogP contribution in [0.4, 0.5) is 0 Å². The van der Waals surface area contributed by atoms with E-state index in [1.54, 1.807) is 14.7 Å². The molecule has 1 N–H and O–H groups in total. The van der Waals surface area contributed by atoms with Gasteiger partial charge in [0.25, 0.3) is 0 Å². The molecule has 102 valence electrons. The third-order valence-corrected chi connectivity index (χ3v) is 2.95. The maximum atomic E-state index is 10.9. The van der Waals surface area contributed by atoms with E-state index in [1.165, 1.54) is 0 Å². The van der Waals surface area contributed by atoms with Crippen LogP contribution in [0.25, 0.3) is 0 Å². The second-order valence-electron chi connectivity index (χ2n) is 4.17. The van der Waals surface area contributed by atoms with Crippen LogP contribution in [-0.4, -0.2) is 86.3 Å². The first kappa shape index (κ1) is 14.4. The summed E-state index contributed by atoms with van der Waals surface area (Å²) < 4.78 is 0. The third kappa shape index (κ3) is 5.13. The van der Waals surface area contributed by atoms with Gasteiger partial charge in [0.05, 0.1) is 0 Å². The summed E-state index contributed by atoms with van der Waals surface area (Å²) in [6.45, 7) is 4.62. The van der Waals surface area contributed by atoms with Crippen LogP contribution in [0.3, 0.4) is 0 Å². The van der Waals surface area contributed by atoms with Gasteiger partial charge in [-0.15, -0.1) is 0 Å². The van der Waals surface area contributed by atoms with Crippen LogP contribution >= 0.6 is 0 Å². The lowest BCUT2D eigenvalue weighted by molar-refractivity contribution is -0.123. The summed E-state index contributed by atoms with van der Waals surface area (Å²) in [5.41, 5.74) is 0. The first-order chi connectivity index (χ1) is 8.80. The van der Waals surface area contributed by atoms with Gasteiger partial charge in [0.15, 0.2) is 0 Å². The standard InChI is InChI=1S/C11H20N4O3/c16-9-13-3-1-12-2-4-14(10-17)6-8-15(11-18)7-5-13/h9-12H,1-8H2. The Kier molecular flexibility index (Phi) is 6.78. The Morgan fingerprint density at radius 3 is 1.28 bits per heavy atom. The van der Waals surface area contributed by atoms with E-state index in [9.17, 15) is 14.4 Å². The van der Waals surface area contributed by atoms with Gasteiger partial charge in [0.1, 0.15) is 0 Å². The highest BCUT2D eigenvalue weighted by molar-refractivity contribution is 5.49. The normalized spacial score (nSPS) is 19.7. The molecule has 7 nitrogen and oxygen atoms in total. The highest BCUT2D eigenvalue weighted by atomic mass is 16.1. The predicted molar refractivity (Wildman–Crippen MR) is 65.8 cm³/mol. The van der Waals surface area contributed by atoms with Crippen molar-refractivity contribution in [3.05, 3.63) is 0 Å². The SMILES string of the molecule is O=CN1CCNCCN(C=O)CCN(C=O)CC1. The molecule has 0 saturated carbocycles. The molecule has 0 radical (unpaired) electrons. The van der Waals surface area contributed by atoms with E-state index >= 15 is 0 Å². The number of nitrogens with zero attached hydrogens (tertiary/aromatic N) is 3. The fourth-order valence-electron chi connectivity index (χ4n) is 1.74. The second kappa shape index (κ2) is 8.46. The topological polar surface area (TPSA) is 73.0 Å². The molecule has 1 saturated heterocycles. The van der Waals surface area contributed by atoms with E-state index in [0.717, 1.165) is 19.2 Å². The monoisotopic (exact) mass is 256 g/mol. The molecule has 0 bridgehead atoms. The van der Waals surface area contributed by atoms with Gasteiger partial charge in [0, 0.05) is 52.4 Å². The van der Waals surface area contributed by atoms with E-state index in [0.29, 0.717) is 52.4 Å². The Labute approximate surface area is 107 Å². The molecule has 0 aliphatic carbocycles. The first-order valence-corrected chi connectivity index (χ1v) is 6.09. The average molecular weight is 256 g/mol. The van der Waals surface area contributed by atoms with E-state index in [4.69, 9.17) is 0 Å². The minimum absolute atomic E-state index is 0.495. The molecule has 1 fully saturated rings. The van der Waals surface area contributed by atoms with E-state index < -0.39 is 0 Å². The molecule has 7 heteroatoms. The summed E-state index contributed by atoms with van der Waals surface area (Å²) in [7, 11) is 0. The Morgan fingerprint density at radius 1 is 0.611 bits per heavy atom. The van der Waals surface area contributed by atoms with Gasteiger partial charge in [-0.3, -0.25) is 14.4 Å². The van der Waals surface area contributed by atoms with Crippen LogP contribution in [-0.2, 0) is 14.4 Å². The van der Waals surface area contributed by atoms with Crippen molar-refractivity contribution >= 4 is 19.2 Å². The molecular formula is C11H20N4O3. The van der Waals surface area contributed by atoms with Crippen LogP contribution in [0.15, 0.2) is 0 Å². The van der Waals surface area contributed by atoms with E-state index in [1.807, 2.05) is 0 Å². The molecule has 1 rings (SSSR count). The number of carbonyl (C=O) groups is 3. The van der Waals surface area contributed by atoms with Gasteiger partial charge in [-0.2, -0.15) is 0 Å². The zero-order valence-electron chi connectivity index (χ0n) is 10.5. The van der Waals surface area contributed by atoms with Gasteiger partial charge in [0.2, 0.25) is 19.2 Å². The fraction of sp³-hybridized carbons (Fsp3) is 0.727. The molecule has 0 aromatic heterocycles. The minimum atomic E-state index is 0.495. The smallest absolute Gasteiger partial charge is 0.209 e. The Morgan fingerprint density at radius 2 is 0.944 bits per heavy atom. The zero-order chi connectivity index (χ0) is 13.2. The number of rotatable bonds is 3. The molecule has 0 unspecified atom stereocenters. The van der Waals surface area contributed by atoms with Crippen LogP contribution < -0.4 is 5.32 Å². The van der Waals surface area contributed by atoms with Gasteiger partial charge in [-0.1, -0.05) is 0 Å². The van der Waals surface area contributed by atoms with Crippen molar-refractivity contribution in [2.75, 3.05) is 52.4 Å². The third-order valence-electron chi connectivity index (χ3n) is 2.95. The van der Waals surface area contributed by atoms with E-state index in [-0.39, 0.29) is 0 Å².